The van der Waals surface area contributed by atoms with Crippen molar-refractivity contribution in [3.63, 3.8) is 0 Å². The van der Waals surface area contributed by atoms with E-state index in [1.807, 2.05) is 11.0 Å². The lowest BCUT2D eigenvalue weighted by Crippen LogP contribution is -2.46. The van der Waals surface area contributed by atoms with E-state index >= 15 is 0 Å². The van der Waals surface area contributed by atoms with Crippen LogP contribution in [0.2, 0.25) is 0 Å². The fourth-order valence-corrected chi connectivity index (χ4v) is 5.93. The van der Waals surface area contributed by atoms with E-state index in [1.165, 1.54) is 6.07 Å². The van der Waals surface area contributed by atoms with Crippen LogP contribution in [0.25, 0.3) is 0 Å². The predicted octanol–water partition coefficient (Wildman–Crippen LogP) is 2.97. The molecule has 0 atom stereocenters. The Balaban J connectivity index is 1.33. The average Bonchev–Trinajstić information content (AvgIpc) is 3.04. The van der Waals surface area contributed by atoms with Crippen molar-refractivity contribution in [2.75, 3.05) is 24.5 Å². The molecule has 3 heterocycles. The Morgan fingerprint density at radius 3 is 2.60 bits per heavy atom. The van der Waals surface area contributed by atoms with Crippen molar-refractivity contribution < 1.29 is 17.6 Å². The number of carbonyl (C=O) groups is 1. The van der Waals surface area contributed by atoms with Crippen LogP contribution in [0.3, 0.4) is 0 Å². The van der Waals surface area contributed by atoms with Crippen LogP contribution < -0.4 is 4.90 Å². The summed E-state index contributed by atoms with van der Waals surface area (Å²) >= 11 is 0. The summed E-state index contributed by atoms with van der Waals surface area (Å²) in [5.74, 6) is -0.131. The lowest BCUT2D eigenvalue weighted by Gasteiger charge is -2.37. The number of amidine groups is 1. The second kappa shape index (κ2) is 7.19. The van der Waals surface area contributed by atoms with Gasteiger partial charge in [-0.2, -0.15) is 8.42 Å². The summed E-state index contributed by atoms with van der Waals surface area (Å²) < 4.78 is 43.1. The molecule has 6 nitrogen and oxygen atoms in total. The van der Waals surface area contributed by atoms with Crippen LogP contribution in [-0.4, -0.2) is 44.7 Å². The Morgan fingerprint density at radius 2 is 1.80 bits per heavy atom. The SMILES string of the molecule is O=C(C1CCN(C2=NS(=O)(=O)c3ccccc32)CC1)N1CCCc2cccc(F)c21. The van der Waals surface area contributed by atoms with E-state index < -0.39 is 10.0 Å². The Hall–Kier alpha value is -2.74. The molecule has 5 rings (SSSR count). The number of fused-ring (bicyclic) bond motifs is 2. The van der Waals surface area contributed by atoms with Crippen LogP contribution in [-0.2, 0) is 21.2 Å². The topological polar surface area (TPSA) is 70.0 Å². The molecule has 2 aromatic carbocycles. The second-order valence-corrected chi connectivity index (χ2v) is 9.56. The number of rotatable bonds is 1. The van der Waals surface area contributed by atoms with Crippen LogP contribution in [0, 0.1) is 11.7 Å². The van der Waals surface area contributed by atoms with E-state index in [1.54, 1.807) is 35.2 Å². The van der Waals surface area contributed by atoms with Crippen LogP contribution in [0.4, 0.5) is 10.1 Å². The number of piperidine rings is 1. The lowest BCUT2D eigenvalue weighted by molar-refractivity contribution is -0.123. The second-order valence-electron chi connectivity index (χ2n) is 7.99. The summed E-state index contributed by atoms with van der Waals surface area (Å²) in [6.45, 7) is 1.61. The minimum Gasteiger partial charge on any atom is -0.355 e. The molecular weight excluding hydrogens is 405 g/mol. The lowest BCUT2D eigenvalue weighted by atomic mass is 9.92. The van der Waals surface area contributed by atoms with Gasteiger partial charge in [-0.25, -0.2) is 4.39 Å². The van der Waals surface area contributed by atoms with Gasteiger partial charge in [-0.05, 0) is 49.4 Å². The van der Waals surface area contributed by atoms with Gasteiger partial charge in [-0.15, -0.1) is 4.40 Å². The molecular formula is C22H22FN3O3S. The first kappa shape index (κ1) is 19.2. The summed E-state index contributed by atoms with van der Waals surface area (Å²) in [5.41, 5.74) is 1.93. The van der Waals surface area contributed by atoms with Gasteiger partial charge in [0.2, 0.25) is 5.91 Å². The summed E-state index contributed by atoms with van der Waals surface area (Å²) in [5, 5.41) is 0. The Morgan fingerprint density at radius 1 is 1.03 bits per heavy atom. The van der Waals surface area contributed by atoms with Gasteiger partial charge in [0, 0.05) is 31.1 Å². The number of nitrogens with zero attached hydrogens (tertiary/aromatic N) is 3. The van der Waals surface area contributed by atoms with Gasteiger partial charge in [0.1, 0.15) is 10.7 Å². The number of hydrogen-bond acceptors (Lipinski definition) is 4. The molecule has 1 saturated heterocycles. The van der Waals surface area contributed by atoms with Crippen molar-refractivity contribution in [1.82, 2.24) is 4.90 Å². The van der Waals surface area contributed by atoms with Crippen molar-refractivity contribution in [2.45, 2.75) is 30.6 Å². The largest absolute Gasteiger partial charge is 0.355 e. The molecule has 0 saturated carbocycles. The van der Waals surface area contributed by atoms with Crippen molar-refractivity contribution >= 4 is 27.5 Å². The van der Waals surface area contributed by atoms with Gasteiger partial charge in [0.15, 0.2) is 5.84 Å². The highest BCUT2D eigenvalue weighted by Crippen LogP contribution is 2.34. The number of carbonyl (C=O) groups excluding carboxylic acids is 1. The smallest absolute Gasteiger partial charge is 0.285 e. The Kier molecular flexibility index (Phi) is 4.61. The zero-order valence-corrected chi connectivity index (χ0v) is 17.2. The highest BCUT2D eigenvalue weighted by molar-refractivity contribution is 7.90. The summed E-state index contributed by atoms with van der Waals surface area (Å²) in [6.07, 6.45) is 2.77. The third kappa shape index (κ3) is 3.10. The fourth-order valence-electron chi connectivity index (χ4n) is 4.70. The van der Waals surface area contributed by atoms with Crippen LogP contribution in [0.15, 0.2) is 51.8 Å². The summed E-state index contributed by atoms with van der Waals surface area (Å²) in [7, 11) is -3.66. The maximum absolute atomic E-state index is 14.5. The molecule has 0 radical (unpaired) electrons. The highest BCUT2D eigenvalue weighted by atomic mass is 32.2. The van der Waals surface area contributed by atoms with E-state index in [4.69, 9.17) is 0 Å². The average molecular weight is 428 g/mol. The minimum absolute atomic E-state index is 0.0397. The molecule has 0 aliphatic carbocycles. The van der Waals surface area contributed by atoms with Gasteiger partial charge < -0.3 is 9.80 Å². The third-order valence-corrected chi connectivity index (χ3v) is 7.52. The standard InChI is InChI=1S/C22H22FN3O3S/c23-18-8-3-5-15-6-4-12-26(20(15)18)22(27)16-10-13-25(14-11-16)21-17-7-1-2-9-19(17)30(28,29)24-21/h1-3,5,7-9,16H,4,6,10-14H2. The molecule has 1 amide bonds. The van der Waals surface area contributed by atoms with Crippen LogP contribution >= 0.6 is 0 Å². The molecule has 156 valence electrons. The molecule has 30 heavy (non-hydrogen) atoms. The van der Waals surface area contributed by atoms with Crippen molar-refractivity contribution in [3.8, 4) is 0 Å². The number of aryl methyl sites for hydroxylation is 1. The number of likely N-dealkylation sites (tertiary alicyclic amines) is 1. The number of halogens is 1. The van der Waals surface area contributed by atoms with Crippen LogP contribution in [0.5, 0.6) is 0 Å². The number of amides is 1. The summed E-state index contributed by atoms with van der Waals surface area (Å²) in [4.78, 5) is 17.0. The van der Waals surface area contributed by atoms with E-state index in [0.717, 1.165) is 18.4 Å². The maximum Gasteiger partial charge on any atom is 0.285 e. The van der Waals surface area contributed by atoms with Crippen molar-refractivity contribution in [3.05, 3.63) is 59.4 Å². The first-order chi connectivity index (χ1) is 14.5. The fraction of sp³-hybridized carbons (Fsp3) is 0.364. The normalized spacial score (nSPS) is 20.5. The molecule has 1 fully saturated rings. The minimum atomic E-state index is -3.66. The first-order valence-electron chi connectivity index (χ1n) is 10.2. The summed E-state index contributed by atoms with van der Waals surface area (Å²) in [6, 6.07) is 11.8. The number of benzene rings is 2. The zero-order chi connectivity index (χ0) is 20.9. The first-order valence-corrected chi connectivity index (χ1v) is 11.7. The molecule has 0 unspecified atom stereocenters. The molecule has 2 aromatic rings. The Bertz CT molecular complexity index is 1150. The number of para-hydroxylation sites is 1. The van der Waals surface area contributed by atoms with Gasteiger partial charge in [0.05, 0.1) is 5.69 Å². The number of hydrogen-bond donors (Lipinski definition) is 0. The maximum atomic E-state index is 14.5. The predicted molar refractivity (Wildman–Crippen MR) is 112 cm³/mol. The van der Waals surface area contributed by atoms with Gasteiger partial charge in [0.25, 0.3) is 10.0 Å². The van der Waals surface area contributed by atoms with Gasteiger partial charge in [-0.3, -0.25) is 4.79 Å². The highest BCUT2D eigenvalue weighted by Gasteiger charge is 2.36. The Labute approximate surface area is 175 Å². The van der Waals surface area contributed by atoms with E-state index in [9.17, 15) is 17.6 Å². The molecule has 0 bridgehead atoms. The molecule has 3 aliphatic rings. The molecule has 8 heteroatoms. The van der Waals surface area contributed by atoms with Gasteiger partial charge >= 0.3 is 0 Å². The number of anilines is 1. The van der Waals surface area contributed by atoms with E-state index in [0.29, 0.717) is 49.6 Å². The van der Waals surface area contributed by atoms with Crippen molar-refractivity contribution in [1.29, 1.82) is 0 Å². The third-order valence-electron chi connectivity index (χ3n) is 6.19. The van der Waals surface area contributed by atoms with E-state index in [2.05, 4.69) is 4.40 Å². The molecule has 0 N–H and O–H groups in total. The molecule has 0 spiro atoms. The molecule has 0 aromatic heterocycles. The van der Waals surface area contributed by atoms with E-state index in [-0.39, 0.29) is 22.5 Å². The van der Waals surface area contributed by atoms with Gasteiger partial charge in [-0.1, -0.05) is 24.3 Å². The molecule has 3 aliphatic heterocycles. The number of sulfonamides is 1. The van der Waals surface area contributed by atoms with Crippen molar-refractivity contribution in [2.24, 2.45) is 10.3 Å². The monoisotopic (exact) mass is 427 g/mol. The zero-order valence-electron chi connectivity index (χ0n) is 16.4. The van der Waals surface area contributed by atoms with Crippen LogP contribution in [0.1, 0.15) is 30.4 Å². The quantitative estimate of drug-likeness (QED) is 0.702.